The van der Waals surface area contributed by atoms with Crippen molar-refractivity contribution in [1.29, 1.82) is 0 Å². The highest BCUT2D eigenvalue weighted by Gasteiger charge is 2.34. The number of nitro groups is 1. The molecule has 1 aromatic carbocycles. The number of rotatable bonds is 5. The van der Waals surface area contributed by atoms with Crippen molar-refractivity contribution in [3.63, 3.8) is 0 Å². The molecule has 2 aliphatic rings. The second-order valence-corrected chi connectivity index (χ2v) is 9.52. The van der Waals surface area contributed by atoms with Crippen LogP contribution in [-0.4, -0.2) is 67.1 Å². The summed E-state index contributed by atoms with van der Waals surface area (Å²) >= 11 is 0. The monoisotopic (exact) mass is 427 g/mol. The Hall–Kier alpha value is -2.24. The van der Waals surface area contributed by atoms with Gasteiger partial charge in [-0.25, -0.2) is 8.42 Å². The molecule has 2 saturated heterocycles. The highest BCUT2D eigenvalue weighted by Crippen LogP contribution is 2.34. The molecule has 0 saturated carbocycles. The molecule has 2 unspecified atom stereocenters. The summed E-state index contributed by atoms with van der Waals surface area (Å²) in [7, 11) is -3.94. The molecule has 0 amide bonds. The second kappa shape index (κ2) is 8.25. The lowest BCUT2D eigenvalue weighted by Gasteiger charge is -2.36. The summed E-state index contributed by atoms with van der Waals surface area (Å²) in [6, 6.07) is 3.95. The van der Waals surface area contributed by atoms with E-state index in [9.17, 15) is 23.3 Å². The smallest absolute Gasteiger partial charge is 0.306 e. The lowest BCUT2D eigenvalue weighted by molar-refractivity contribution is -0.384. The molecule has 11 heteroatoms. The van der Waals surface area contributed by atoms with E-state index in [2.05, 4.69) is 0 Å². The Balaban J connectivity index is 1.88. The number of sulfonamides is 1. The van der Waals surface area contributed by atoms with Crippen molar-refractivity contribution in [3.8, 4) is 0 Å². The standard InChI is InChI=1S/C18H25N3O7S/c1-12-10-19(11-13(2)28-12)16-4-3-15(9-17(16)21(24)25)29(26,27)20-7-5-14(6-8-20)18(22)23/h3-4,9,12-14H,5-8,10-11H2,1-2H3,(H,22,23). The number of aliphatic carboxylic acids is 1. The summed E-state index contributed by atoms with van der Waals surface area (Å²) in [6.07, 6.45) is 0.242. The topological polar surface area (TPSA) is 130 Å². The van der Waals surface area contributed by atoms with Crippen LogP contribution in [0.5, 0.6) is 0 Å². The molecule has 29 heavy (non-hydrogen) atoms. The number of carboxylic acids is 1. The molecule has 2 aliphatic heterocycles. The molecule has 3 rings (SSSR count). The Labute approximate surface area is 169 Å². The minimum Gasteiger partial charge on any atom is -0.481 e. The van der Waals surface area contributed by atoms with Crippen LogP contribution in [0.1, 0.15) is 26.7 Å². The van der Waals surface area contributed by atoms with Crippen LogP contribution in [-0.2, 0) is 19.6 Å². The van der Waals surface area contributed by atoms with Crippen LogP contribution in [0.2, 0.25) is 0 Å². The van der Waals surface area contributed by atoms with Crippen molar-refractivity contribution >= 4 is 27.4 Å². The fourth-order valence-electron chi connectivity index (χ4n) is 3.94. The number of nitro benzene ring substituents is 1. The maximum atomic E-state index is 13.0. The first-order chi connectivity index (χ1) is 13.6. The van der Waals surface area contributed by atoms with Gasteiger partial charge in [-0.2, -0.15) is 4.31 Å². The van der Waals surface area contributed by atoms with Gasteiger partial charge in [0.1, 0.15) is 5.69 Å². The maximum Gasteiger partial charge on any atom is 0.306 e. The molecular weight excluding hydrogens is 402 g/mol. The number of ether oxygens (including phenoxy) is 1. The average Bonchev–Trinajstić information content (AvgIpc) is 2.66. The fraction of sp³-hybridized carbons (Fsp3) is 0.611. The summed E-state index contributed by atoms with van der Waals surface area (Å²) in [5.41, 5.74) is 0.0910. The zero-order valence-electron chi connectivity index (χ0n) is 16.4. The van der Waals surface area contributed by atoms with Gasteiger partial charge in [-0.15, -0.1) is 0 Å². The van der Waals surface area contributed by atoms with Crippen LogP contribution in [0.3, 0.4) is 0 Å². The van der Waals surface area contributed by atoms with E-state index in [1.807, 2.05) is 18.7 Å². The fourth-order valence-corrected chi connectivity index (χ4v) is 5.43. The summed E-state index contributed by atoms with van der Waals surface area (Å²) < 4.78 is 32.8. The van der Waals surface area contributed by atoms with Crippen molar-refractivity contribution in [2.24, 2.45) is 5.92 Å². The Kier molecular flexibility index (Phi) is 6.11. The molecule has 0 radical (unpaired) electrons. The molecule has 1 aromatic rings. The van der Waals surface area contributed by atoms with Gasteiger partial charge < -0.3 is 14.7 Å². The predicted octanol–water partition coefficient (Wildman–Crippen LogP) is 1.69. The van der Waals surface area contributed by atoms with Gasteiger partial charge >= 0.3 is 5.97 Å². The van der Waals surface area contributed by atoms with Crippen molar-refractivity contribution in [2.75, 3.05) is 31.1 Å². The van der Waals surface area contributed by atoms with E-state index >= 15 is 0 Å². The quantitative estimate of drug-likeness (QED) is 0.555. The number of hydrogen-bond donors (Lipinski definition) is 1. The lowest BCUT2D eigenvalue weighted by atomic mass is 9.99. The zero-order valence-corrected chi connectivity index (χ0v) is 17.2. The number of piperidine rings is 1. The minimum atomic E-state index is -3.94. The number of nitrogens with zero attached hydrogens (tertiary/aromatic N) is 3. The summed E-state index contributed by atoms with van der Waals surface area (Å²) in [5.74, 6) is -1.50. The Morgan fingerprint density at radius 1 is 1.21 bits per heavy atom. The molecule has 1 N–H and O–H groups in total. The van der Waals surface area contributed by atoms with Crippen LogP contribution in [0, 0.1) is 16.0 Å². The third kappa shape index (κ3) is 4.51. The van der Waals surface area contributed by atoms with E-state index < -0.39 is 26.8 Å². The molecule has 0 bridgehead atoms. The third-order valence-electron chi connectivity index (χ3n) is 5.34. The summed E-state index contributed by atoms with van der Waals surface area (Å²) in [5, 5.41) is 20.8. The van der Waals surface area contributed by atoms with Gasteiger partial charge in [-0.3, -0.25) is 14.9 Å². The number of hydrogen-bond acceptors (Lipinski definition) is 7. The lowest BCUT2D eigenvalue weighted by Crippen LogP contribution is -2.45. The van der Waals surface area contributed by atoms with Crippen molar-refractivity contribution < 1.29 is 28.0 Å². The first-order valence-corrected chi connectivity index (χ1v) is 11.0. The molecule has 2 heterocycles. The third-order valence-corrected chi connectivity index (χ3v) is 7.24. The summed E-state index contributed by atoms with van der Waals surface area (Å²) in [4.78, 5) is 23.9. The maximum absolute atomic E-state index is 13.0. The number of morpholine rings is 1. The SMILES string of the molecule is CC1CN(c2ccc(S(=O)(=O)N3CCC(C(=O)O)CC3)cc2[N+](=O)[O-])CC(C)O1. The van der Waals surface area contributed by atoms with Crippen LogP contribution < -0.4 is 4.90 Å². The van der Waals surface area contributed by atoms with Gasteiger partial charge in [-0.1, -0.05) is 0 Å². The number of benzene rings is 1. The van der Waals surface area contributed by atoms with Crippen molar-refractivity contribution in [2.45, 2.75) is 43.8 Å². The Morgan fingerprint density at radius 3 is 2.31 bits per heavy atom. The van der Waals surface area contributed by atoms with E-state index in [0.717, 1.165) is 6.07 Å². The van der Waals surface area contributed by atoms with E-state index in [0.29, 0.717) is 18.8 Å². The van der Waals surface area contributed by atoms with Crippen molar-refractivity contribution in [3.05, 3.63) is 28.3 Å². The molecule has 10 nitrogen and oxygen atoms in total. The van der Waals surface area contributed by atoms with E-state index in [1.165, 1.54) is 16.4 Å². The Bertz CT molecular complexity index is 887. The van der Waals surface area contributed by atoms with Gasteiger partial charge in [0.2, 0.25) is 10.0 Å². The molecule has 2 fully saturated rings. The van der Waals surface area contributed by atoms with E-state index in [-0.39, 0.29) is 48.7 Å². The average molecular weight is 427 g/mol. The predicted molar refractivity (Wildman–Crippen MR) is 104 cm³/mol. The highest BCUT2D eigenvalue weighted by atomic mass is 32.2. The van der Waals surface area contributed by atoms with E-state index in [4.69, 9.17) is 9.84 Å². The number of carbonyl (C=O) groups is 1. The molecule has 0 aromatic heterocycles. The van der Waals surface area contributed by atoms with E-state index in [1.54, 1.807) is 0 Å². The van der Waals surface area contributed by atoms with Gasteiger partial charge in [0.05, 0.1) is 27.9 Å². The van der Waals surface area contributed by atoms with Crippen LogP contribution in [0.25, 0.3) is 0 Å². The van der Waals surface area contributed by atoms with Crippen LogP contribution in [0.15, 0.2) is 23.1 Å². The van der Waals surface area contributed by atoms with Crippen LogP contribution >= 0.6 is 0 Å². The molecule has 0 aliphatic carbocycles. The first kappa shape index (κ1) is 21.5. The Morgan fingerprint density at radius 2 is 1.79 bits per heavy atom. The normalized spacial score (nSPS) is 24.4. The van der Waals surface area contributed by atoms with Gasteiger partial charge in [0, 0.05) is 32.2 Å². The molecule has 160 valence electrons. The molecule has 0 spiro atoms. The molecule has 2 atom stereocenters. The second-order valence-electron chi connectivity index (χ2n) is 7.59. The van der Waals surface area contributed by atoms with Gasteiger partial charge in [-0.05, 0) is 38.8 Å². The van der Waals surface area contributed by atoms with Gasteiger partial charge in [0.25, 0.3) is 5.69 Å². The number of anilines is 1. The van der Waals surface area contributed by atoms with Crippen molar-refractivity contribution in [1.82, 2.24) is 4.31 Å². The summed E-state index contributed by atoms with van der Waals surface area (Å²) in [6.45, 7) is 4.86. The number of carboxylic acid groups (broad SMARTS) is 1. The van der Waals surface area contributed by atoms with Crippen LogP contribution in [0.4, 0.5) is 11.4 Å². The highest BCUT2D eigenvalue weighted by molar-refractivity contribution is 7.89. The van der Waals surface area contributed by atoms with Gasteiger partial charge in [0.15, 0.2) is 0 Å². The zero-order chi connectivity index (χ0) is 21.3. The molecular formula is C18H25N3O7S. The largest absolute Gasteiger partial charge is 0.481 e. The minimum absolute atomic E-state index is 0.0767. The first-order valence-electron chi connectivity index (χ1n) is 9.51.